The fraction of sp³-hybridized carbons (Fsp3) is 0. The second kappa shape index (κ2) is 13.3. The molecule has 0 spiro atoms. The summed E-state index contributed by atoms with van der Waals surface area (Å²) in [6.45, 7) is 0. The normalized spacial score (nSPS) is 11.6. The van der Waals surface area contributed by atoms with Crippen LogP contribution in [0.3, 0.4) is 0 Å². The highest BCUT2D eigenvalue weighted by Gasteiger charge is 2.20. The van der Waals surface area contributed by atoms with Crippen molar-refractivity contribution in [3.05, 3.63) is 188 Å². The van der Waals surface area contributed by atoms with Crippen molar-refractivity contribution in [3.63, 3.8) is 0 Å². The molecule has 262 valence electrons. The summed E-state index contributed by atoms with van der Waals surface area (Å²) in [7, 11) is 0. The van der Waals surface area contributed by atoms with Gasteiger partial charge in [0.1, 0.15) is 11.2 Å². The number of hydrogen-bond donors (Lipinski definition) is 0. The van der Waals surface area contributed by atoms with Crippen LogP contribution in [0.2, 0.25) is 0 Å². The van der Waals surface area contributed by atoms with Crippen molar-refractivity contribution in [1.29, 1.82) is 0 Å². The number of furan rings is 1. The smallest absolute Gasteiger partial charge is 0.164 e. The SMILES string of the molecule is c1ccc(-c2ccc3c(c2)sc2cccc(-c4cccc5oc6c(-c7cccc(-c8nc(-c9ccccc9)nc(-c9ccccc9)n8)c7)cccc6c45)c23)cc1. The second-order valence-electron chi connectivity index (χ2n) is 13.9. The van der Waals surface area contributed by atoms with Gasteiger partial charge in [-0.15, -0.1) is 11.3 Å². The molecule has 0 unspecified atom stereocenters. The van der Waals surface area contributed by atoms with Gasteiger partial charge in [-0.2, -0.15) is 0 Å². The molecule has 4 nitrogen and oxygen atoms in total. The highest BCUT2D eigenvalue weighted by Crippen LogP contribution is 2.46. The summed E-state index contributed by atoms with van der Waals surface area (Å²) in [4.78, 5) is 14.9. The van der Waals surface area contributed by atoms with Crippen molar-refractivity contribution in [3.8, 4) is 67.5 Å². The van der Waals surface area contributed by atoms with Crippen LogP contribution >= 0.6 is 11.3 Å². The molecule has 0 aliphatic carbocycles. The van der Waals surface area contributed by atoms with Gasteiger partial charge in [-0.3, -0.25) is 0 Å². The fourth-order valence-electron chi connectivity index (χ4n) is 7.92. The summed E-state index contributed by atoms with van der Waals surface area (Å²) >= 11 is 1.85. The number of rotatable bonds is 6. The Morgan fingerprint density at radius 2 is 0.893 bits per heavy atom. The maximum absolute atomic E-state index is 6.81. The first kappa shape index (κ1) is 32.2. The van der Waals surface area contributed by atoms with Crippen LogP contribution < -0.4 is 0 Å². The zero-order chi connectivity index (χ0) is 37.0. The Bertz CT molecular complexity index is 3180. The van der Waals surface area contributed by atoms with Crippen molar-refractivity contribution >= 4 is 53.4 Å². The number of benzene rings is 8. The van der Waals surface area contributed by atoms with Crippen LogP contribution in [0.25, 0.3) is 110 Å². The Hall–Kier alpha value is -7.21. The number of hydrogen-bond acceptors (Lipinski definition) is 5. The number of nitrogens with zero attached hydrogens (tertiary/aromatic N) is 3. The summed E-state index contributed by atoms with van der Waals surface area (Å²) in [5.41, 5.74) is 11.4. The van der Waals surface area contributed by atoms with Crippen molar-refractivity contribution in [1.82, 2.24) is 15.0 Å². The van der Waals surface area contributed by atoms with E-state index in [1.54, 1.807) is 0 Å². The standard InChI is InChI=1S/C51H31N3OS/c1-4-14-32(15-5-1)35-28-29-41-45(31-35)56-44-27-13-24-40(47(41)44)39-23-12-26-43-46(39)42-25-11-22-38(48(42)55-43)36-20-10-21-37(30-36)51-53-49(33-16-6-2-7-17-33)52-50(54-51)34-18-8-3-9-19-34/h1-31H. The highest BCUT2D eigenvalue weighted by atomic mass is 32.1. The predicted octanol–water partition coefficient (Wildman–Crippen LogP) is 14.1. The Morgan fingerprint density at radius 1 is 0.339 bits per heavy atom. The maximum Gasteiger partial charge on any atom is 0.164 e. The van der Waals surface area contributed by atoms with Crippen LogP contribution in [0, 0.1) is 0 Å². The van der Waals surface area contributed by atoms with Gasteiger partial charge in [0, 0.05) is 53.2 Å². The maximum atomic E-state index is 6.81. The van der Waals surface area contributed by atoms with E-state index in [0.717, 1.165) is 55.3 Å². The highest BCUT2D eigenvalue weighted by molar-refractivity contribution is 7.26. The van der Waals surface area contributed by atoms with Gasteiger partial charge in [-0.25, -0.2) is 15.0 Å². The largest absolute Gasteiger partial charge is 0.455 e. The molecule has 0 amide bonds. The molecule has 3 heterocycles. The third kappa shape index (κ3) is 5.48. The lowest BCUT2D eigenvalue weighted by Crippen LogP contribution is -2.00. The van der Waals surface area contributed by atoms with Crippen molar-refractivity contribution in [2.24, 2.45) is 0 Å². The van der Waals surface area contributed by atoms with Gasteiger partial charge in [-0.05, 0) is 52.1 Å². The van der Waals surface area contributed by atoms with Crippen LogP contribution in [0.5, 0.6) is 0 Å². The monoisotopic (exact) mass is 733 g/mol. The molecule has 0 atom stereocenters. The molecule has 3 aromatic heterocycles. The molecular formula is C51H31N3OS. The average molecular weight is 734 g/mol. The molecule has 0 aliphatic rings. The van der Waals surface area contributed by atoms with E-state index >= 15 is 0 Å². The van der Waals surface area contributed by atoms with Crippen LogP contribution in [-0.4, -0.2) is 15.0 Å². The molecule has 5 heteroatoms. The van der Waals surface area contributed by atoms with E-state index in [9.17, 15) is 0 Å². The third-order valence-corrected chi connectivity index (χ3v) is 11.7. The Labute approximate surface area is 327 Å². The lowest BCUT2D eigenvalue weighted by molar-refractivity contribution is 0.670. The average Bonchev–Trinajstić information content (AvgIpc) is 3.86. The van der Waals surface area contributed by atoms with E-state index in [2.05, 4.69) is 127 Å². The fourth-order valence-corrected chi connectivity index (χ4v) is 9.09. The minimum Gasteiger partial charge on any atom is -0.455 e. The zero-order valence-electron chi connectivity index (χ0n) is 30.1. The molecule has 0 saturated heterocycles. The van der Waals surface area contributed by atoms with Gasteiger partial charge < -0.3 is 4.42 Å². The van der Waals surface area contributed by atoms with E-state index in [-0.39, 0.29) is 0 Å². The lowest BCUT2D eigenvalue weighted by Gasteiger charge is -2.10. The van der Waals surface area contributed by atoms with Crippen molar-refractivity contribution < 1.29 is 4.42 Å². The molecule has 0 saturated carbocycles. The molecule has 8 aromatic carbocycles. The van der Waals surface area contributed by atoms with E-state index in [4.69, 9.17) is 19.4 Å². The van der Waals surface area contributed by atoms with Crippen LogP contribution in [0.4, 0.5) is 0 Å². The minimum absolute atomic E-state index is 0.616. The van der Waals surface area contributed by atoms with Crippen LogP contribution in [0.15, 0.2) is 192 Å². The number of thiophene rings is 1. The Morgan fingerprint density at radius 3 is 1.61 bits per heavy atom. The molecule has 0 N–H and O–H groups in total. The molecule has 56 heavy (non-hydrogen) atoms. The second-order valence-corrected chi connectivity index (χ2v) is 15.0. The summed E-state index contributed by atoms with van der Waals surface area (Å²) in [5, 5.41) is 4.75. The number of aromatic nitrogens is 3. The Balaban J connectivity index is 1.05. The van der Waals surface area contributed by atoms with Gasteiger partial charge in [0.05, 0.1) is 0 Å². The molecule has 11 aromatic rings. The Kier molecular flexibility index (Phi) is 7.64. The van der Waals surface area contributed by atoms with Crippen LogP contribution in [-0.2, 0) is 0 Å². The quantitative estimate of drug-likeness (QED) is 0.171. The summed E-state index contributed by atoms with van der Waals surface area (Å²) in [5.74, 6) is 1.89. The minimum atomic E-state index is 0.616. The first-order valence-corrected chi connectivity index (χ1v) is 19.5. The van der Waals surface area contributed by atoms with E-state index in [1.807, 2.05) is 72.0 Å². The topological polar surface area (TPSA) is 51.8 Å². The van der Waals surface area contributed by atoms with E-state index in [1.165, 1.54) is 36.9 Å². The number of para-hydroxylation sites is 1. The van der Waals surface area contributed by atoms with E-state index in [0.29, 0.717) is 17.5 Å². The van der Waals surface area contributed by atoms with E-state index < -0.39 is 0 Å². The molecule has 11 rings (SSSR count). The third-order valence-electron chi connectivity index (χ3n) is 10.5. The molecule has 0 fully saturated rings. The lowest BCUT2D eigenvalue weighted by atomic mass is 9.94. The summed E-state index contributed by atoms with van der Waals surface area (Å²) in [6, 6.07) is 65.6. The van der Waals surface area contributed by atoms with Crippen molar-refractivity contribution in [2.45, 2.75) is 0 Å². The zero-order valence-corrected chi connectivity index (χ0v) is 30.9. The van der Waals surface area contributed by atoms with Gasteiger partial charge in [-0.1, -0.05) is 164 Å². The van der Waals surface area contributed by atoms with Gasteiger partial charge in [0.25, 0.3) is 0 Å². The number of fused-ring (bicyclic) bond motifs is 6. The van der Waals surface area contributed by atoms with Gasteiger partial charge in [0.15, 0.2) is 17.5 Å². The van der Waals surface area contributed by atoms with Gasteiger partial charge in [0.2, 0.25) is 0 Å². The molecule has 0 bridgehead atoms. The molecule has 0 aliphatic heterocycles. The summed E-state index contributed by atoms with van der Waals surface area (Å²) < 4.78 is 9.36. The van der Waals surface area contributed by atoms with Gasteiger partial charge >= 0.3 is 0 Å². The predicted molar refractivity (Wildman–Crippen MR) is 233 cm³/mol. The molecule has 0 radical (unpaired) electrons. The first-order valence-electron chi connectivity index (χ1n) is 18.7. The van der Waals surface area contributed by atoms with Crippen molar-refractivity contribution in [2.75, 3.05) is 0 Å². The molecular weight excluding hydrogens is 703 g/mol. The summed E-state index contributed by atoms with van der Waals surface area (Å²) in [6.07, 6.45) is 0. The first-order chi connectivity index (χ1) is 27.7. The van der Waals surface area contributed by atoms with Crippen LogP contribution in [0.1, 0.15) is 0 Å².